The topological polar surface area (TPSA) is 96.8 Å². The van der Waals surface area contributed by atoms with Gasteiger partial charge in [-0.25, -0.2) is 4.98 Å². The van der Waals surface area contributed by atoms with Gasteiger partial charge in [0.1, 0.15) is 23.8 Å². The van der Waals surface area contributed by atoms with Crippen LogP contribution in [-0.4, -0.2) is 49.0 Å². The maximum Gasteiger partial charge on any atom is 0.137 e. The molecule has 0 saturated carbocycles. The van der Waals surface area contributed by atoms with Crippen molar-refractivity contribution in [2.75, 3.05) is 13.1 Å². The maximum atomic E-state index is 7.15. The molecule has 0 radical (unpaired) electrons. The molecule has 228 valence electrons. The van der Waals surface area contributed by atoms with Crippen LogP contribution in [0.3, 0.4) is 0 Å². The van der Waals surface area contributed by atoms with Gasteiger partial charge in [0.2, 0.25) is 0 Å². The molecule has 8 heteroatoms. The number of fused-ring (bicyclic) bond motifs is 1. The van der Waals surface area contributed by atoms with Gasteiger partial charge in [-0.15, -0.1) is 10.2 Å². The second-order valence-corrected chi connectivity index (χ2v) is 15.1. The van der Waals surface area contributed by atoms with Gasteiger partial charge in [-0.3, -0.25) is 4.99 Å². The van der Waals surface area contributed by atoms with Gasteiger partial charge in [0, 0.05) is 54.0 Å². The summed E-state index contributed by atoms with van der Waals surface area (Å²) in [4.78, 5) is 8.89. The highest BCUT2D eigenvalue weighted by Crippen LogP contribution is 2.25. The molecule has 2 N–H and O–H groups in total. The minimum Gasteiger partial charge on any atom is -0.372 e. The molecule has 8 nitrogen and oxygen atoms in total. The number of hydrogen-bond acceptors (Lipinski definition) is 6. The van der Waals surface area contributed by atoms with Gasteiger partial charge in [0.15, 0.2) is 0 Å². The fraction of sp³-hybridized carbons (Fsp3) is 0.781. The standard InChI is InChI=1S/C12H20N2.C7H13N3.C7H14N2.C6H13N/c1-12(2,3)11-13-9-10-7-5-4-6-8-14(10)11;1-7(2,3)6-9-8-5-10(6)4;1-7(2,3)6-8-4-5-9-6;1-5(7)6(2,3)4/h9H,4-8H2,1-3H3;5H,1-4H3;4-5H2,1-3H3,(H,8,9);7H,1-4H3. The highest BCUT2D eigenvalue weighted by atomic mass is 15.3. The van der Waals surface area contributed by atoms with E-state index in [-0.39, 0.29) is 21.7 Å². The second kappa shape index (κ2) is 14.4. The Balaban J connectivity index is 0.000000276. The van der Waals surface area contributed by atoms with Crippen molar-refractivity contribution in [2.45, 2.75) is 133 Å². The molecule has 0 unspecified atom stereocenters. The zero-order chi connectivity index (χ0) is 30.9. The zero-order valence-corrected chi connectivity index (χ0v) is 28.3. The Hall–Kier alpha value is -2.51. The summed E-state index contributed by atoms with van der Waals surface area (Å²) in [5.41, 5.74) is 2.77. The van der Waals surface area contributed by atoms with Crippen LogP contribution in [0.4, 0.5) is 0 Å². The smallest absolute Gasteiger partial charge is 0.137 e. The Kier molecular flexibility index (Phi) is 12.8. The summed E-state index contributed by atoms with van der Waals surface area (Å²) in [6, 6.07) is 0. The maximum absolute atomic E-state index is 7.15. The summed E-state index contributed by atoms with van der Waals surface area (Å²) in [6.07, 6.45) is 9.02. The van der Waals surface area contributed by atoms with Crippen LogP contribution in [0.2, 0.25) is 0 Å². The van der Waals surface area contributed by atoms with Gasteiger partial charge >= 0.3 is 0 Å². The molecule has 2 aliphatic rings. The van der Waals surface area contributed by atoms with Crippen LogP contribution in [0.15, 0.2) is 17.5 Å². The van der Waals surface area contributed by atoms with Crippen molar-refractivity contribution in [2.24, 2.45) is 22.9 Å². The Morgan fingerprint density at radius 2 is 1.43 bits per heavy atom. The molecule has 4 heterocycles. The largest absolute Gasteiger partial charge is 0.372 e. The van der Waals surface area contributed by atoms with E-state index in [9.17, 15) is 0 Å². The minimum atomic E-state index is 0.0833. The molecule has 2 aliphatic heterocycles. The van der Waals surface area contributed by atoms with Crippen molar-refractivity contribution in [3.05, 3.63) is 29.9 Å². The summed E-state index contributed by atoms with van der Waals surface area (Å²) >= 11 is 0. The highest BCUT2D eigenvalue weighted by molar-refractivity contribution is 5.88. The van der Waals surface area contributed by atoms with E-state index in [0.29, 0.717) is 0 Å². The third-order valence-electron chi connectivity index (χ3n) is 6.82. The third-order valence-corrected chi connectivity index (χ3v) is 6.82. The molecule has 0 saturated heterocycles. The van der Waals surface area contributed by atoms with E-state index < -0.39 is 0 Å². The predicted molar refractivity (Wildman–Crippen MR) is 171 cm³/mol. The molecule has 0 fully saturated rings. The van der Waals surface area contributed by atoms with Crippen molar-refractivity contribution in [3.8, 4) is 0 Å². The fourth-order valence-electron chi connectivity index (χ4n) is 4.07. The van der Waals surface area contributed by atoms with Gasteiger partial charge in [-0.1, -0.05) is 89.5 Å². The van der Waals surface area contributed by atoms with Gasteiger partial charge in [-0.2, -0.15) is 0 Å². The average Bonchev–Trinajstić information content (AvgIpc) is 3.52. The van der Waals surface area contributed by atoms with Gasteiger partial charge in [0.05, 0.1) is 6.54 Å². The molecule has 40 heavy (non-hydrogen) atoms. The third kappa shape index (κ3) is 11.9. The van der Waals surface area contributed by atoms with Crippen molar-refractivity contribution in [3.63, 3.8) is 0 Å². The lowest BCUT2D eigenvalue weighted by Crippen LogP contribution is -2.31. The molecule has 2 aromatic rings. The van der Waals surface area contributed by atoms with E-state index in [0.717, 1.165) is 30.5 Å². The van der Waals surface area contributed by atoms with Crippen LogP contribution in [0.5, 0.6) is 0 Å². The van der Waals surface area contributed by atoms with Crippen molar-refractivity contribution in [1.29, 1.82) is 5.41 Å². The van der Waals surface area contributed by atoms with E-state index in [2.05, 4.69) is 98.6 Å². The first kappa shape index (κ1) is 35.5. The SMILES string of the molecule is CC(=N)C(C)(C)C.CC(C)(C)C1=NCCN1.CC(C)(C)c1ncc2n1CCCCC2.Cn1cnnc1C(C)(C)C. The molecule has 0 spiro atoms. The number of imidazole rings is 1. The first-order valence-corrected chi connectivity index (χ1v) is 14.9. The average molecular weight is 557 g/mol. The predicted octanol–water partition coefficient (Wildman–Crippen LogP) is 7.13. The molecule has 4 rings (SSSR count). The Labute approximate surface area is 245 Å². The zero-order valence-electron chi connectivity index (χ0n) is 28.3. The van der Waals surface area contributed by atoms with Crippen LogP contribution >= 0.6 is 0 Å². The van der Waals surface area contributed by atoms with Crippen molar-refractivity contribution < 1.29 is 0 Å². The van der Waals surface area contributed by atoms with Gasteiger partial charge in [-0.05, 0) is 31.6 Å². The normalized spacial score (nSPS) is 15.5. The molecular weight excluding hydrogens is 496 g/mol. The van der Waals surface area contributed by atoms with Crippen LogP contribution in [0.25, 0.3) is 0 Å². The summed E-state index contributed by atoms with van der Waals surface area (Å²) in [5, 5.41) is 18.2. The number of nitrogens with one attached hydrogen (secondary N) is 2. The Morgan fingerprint density at radius 1 is 0.850 bits per heavy atom. The second-order valence-electron chi connectivity index (χ2n) is 15.1. The van der Waals surface area contributed by atoms with Crippen LogP contribution < -0.4 is 5.32 Å². The quantitative estimate of drug-likeness (QED) is 0.337. The number of hydrogen-bond donors (Lipinski definition) is 2. The van der Waals surface area contributed by atoms with Gasteiger partial charge in [0.25, 0.3) is 0 Å². The molecular formula is C32H60N8. The number of aliphatic imine (C=N–C) groups is 1. The Bertz CT molecular complexity index is 1080. The fourth-order valence-corrected chi connectivity index (χ4v) is 4.07. The van der Waals surface area contributed by atoms with E-state index in [1.807, 2.05) is 39.3 Å². The summed E-state index contributed by atoms with van der Waals surface area (Å²) in [5.74, 6) is 3.43. The molecule has 0 amide bonds. The molecule has 0 aliphatic carbocycles. The lowest BCUT2D eigenvalue weighted by molar-refractivity contribution is 0.489. The molecule has 0 atom stereocenters. The monoisotopic (exact) mass is 556 g/mol. The number of nitrogens with zero attached hydrogens (tertiary/aromatic N) is 6. The summed E-state index contributed by atoms with van der Waals surface area (Å²) < 4.78 is 4.38. The minimum absolute atomic E-state index is 0.0833. The lowest BCUT2D eigenvalue weighted by Gasteiger charge is -2.20. The number of aromatic nitrogens is 5. The van der Waals surface area contributed by atoms with Crippen molar-refractivity contribution >= 4 is 11.5 Å². The molecule has 2 aromatic heterocycles. The van der Waals surface area contributed by atoms with E-state index in [1.165, 1.54) is 43.7 Å². The van der Waals surface area contributed by atoms with Crippen LogP contribution in [0, 0.1) is 16.2 Å². The van der Waals surface area contributed by atoms with E-state index >= 15 is 0 Å². The highest BCUT2D eigenvalue weighted by Gasteiger charge is 2.23. The number of aryl methyl sites for hydroxylation is 2. The first-order valence-electron chi connectivity index (χ1n) is 14.9. The number of rotatable bonds is 0. The van der Waals surface area contributed by atoms with E-state index in [4.69, 9.17) is 5.41 Å². The number of amidine groups is 1. The van der Waals surface area contributed by atoms with Crippen molar-refractivity contribution in [1.82, 2.24) is 29.6 Å². The summed E-state index contributed by atoms with van der Waals surface area (Å²) in [6.45, 7) is 30.7. The lowest BCUT2D eigenvalue weighted by atomic mass is 9.91. The van der Waals surface area contributed by atoms with Gasteiger partial charge < -0.3 is 19.9 Å². The Morgan fingerprint density at radius 3 is 1.77 bits per heavy atom. The molecule has 0 bridgehead atoms. The first-order chi connectivity index (χ1) is 18.2. The van der Waals surface area contributed by atoms with Crippen LogP contribution in [-0.2, 0) is 30.8 Å². The van der Waals surface area contributed by atoms with E-state index in [1.54, 1.807) is 6.33 Å². The van der Waals surface area contributed by atoms with Crippen LogP contribution in [0.1, 0.15) is 127 Å². The molecule has 0 aromatic carbocycles. The summed E-state index contributed by atoms with van der Waals surface area (Å²) in [7, 11) is 1.96.